The molecule has 0 radical (unpaired) electrons. The monoisotopic (exact) mass is 229 g/mol. The van der Waals surface area contributed by atoms with Gasteiger partial charge in [-0.05, 0) is 38.3 Å². The summed E-state index contributed by atoms with van der Waals surface area (Å²) in [5.41, 5.74) is 0. The molecule has 1 unspecified atom stereocenters. The molecule has 1 N–H and O–H groups in total. The van der Waals surface area contributed by atoms with Crippen molar-refractivity contribution < 1.29 is 0 Å². The average molecular weight is 229 g/mol. The lowest BCUT2D eigenvalue weighted by Crippen LogP contribution is -2.23. The van der Waals surface area contributed by atoms with Crippen molar-refractivity contribution in [3.8, 4) is 0 Å². The van der Waals surface area contributed by atoms with E-state index in [1.54, 1.807) is 0 Å². The lowest BCUT2D eigenvalue weighted by Gasteiger charge is -2.31. The first-order valence-electron chi connectivity index (χ1n) is 4.94. The van der Waals surface area contributed by atoms with Crippen LogP contribution in [0, 0.1) is 0 Å². The van der Waals surface area contributed by atoms with Crippen LogP contribution < -0.4 is 5.09 Å². The minimum atomic E-state index is -0.109. The highest BCUT2D eigenvalue weighted by Gasteiger charge is 2.21. The largest absolute Gasteiger partial charge is 0.288 e. The number of rotatable bonds is 3. The standard InChI is InChI=1S/C11H20NPS/c1-9(10-7-6-8-14-10)12-13(5)11(2,3)4/h6-9,12H,1-5H3/t9-,13?/m0/s1. The Hall–Kier alpha value is 0.0900. The molecule has 0 fully saturated rings. The molecule has 1 rings (SSSR count). The summed E-state index contributed by atoms with van der Waals surface area (Å²) < 4.78 is 0. The zero-order valence-electron chi connectivity index (χ0n) is 9.66. The van der Waals surface area contributed by atoms with Crippen molar-refractivity contribution in [3.63, 3.8) is 0 Å². The van der Waals surface area contributed by atoms with Crippen LogP contribution in [0.3, 0.4) is 0 Å². The van der Waals surface area contributed by atoms with Crippen LogP contribution in [-0.2, 0) is 0 Å². The average Bonchev–Trinajstić information content (AvgIpc) is 2.53. The van der Waals surface area contributed by atoms with Crippen LogP contribution in [0.25, 0.3) is 0 Å². The number of hydrogen-bond donors (Lipinski definition) is 1. The molecule has 1 heterocycles. The maximum Gasteiger partial charge on any atom is 0.0421 e. The molecule has 0 aliphatic heterocycles. The van der Waals surface area contributed by atoms with E-state index in [2.05, 4.69) is 57.0 Å². The van der Waals surface area contributed by atoms with Gasteiger partial charge in [-0.25, -0.2) is 0 Å². The fourth-order valence-electron chi connectivity index (χ4n) is 1.09. The molecule has 0 aliphatic carbocycles. The molecule has 0 saturated heterocycles. The number of hydrogen-bond acceptors (Lipinski definition) is 2. The molecular weight excluding hydrogens is 209 g/mol. The first kappa shape index (κ1) is 12.2. The molecular formula is C11H20NPS. The zero-order valence-corrected chi connectivity index (χ0v) is 11.4. The van der Waals surface area contributed by atoms with E-state index in [9.17, 15) is 0 Å². The quantitative estimate of drug-likeness (QED) is 0.765. The van der Waals surface area contributed by atoms with Crippen molar-refractivity contribution in [1.82, 2.24) is 5.09 Å². The van der Waals surface area contributed by atoms with Gasteiger partial charge in [-0.2, -0.15) is 0 Å². The predicted molar refractivity (Wildman–Crippen MR) is 68.5 cm³/mol. The Morgan fingerprint density at radius 1 is 1.43 bits per heavy atom. The summed E-state index contributed by atoms with van der Waals surface area (Å²) >= 11 is 1.83. The van der Waals surface area contributed by atoms with E-state index < -0.39 is 0 Å². The van der Waals surface area contributed by atoms with Gasteiger partial charge in [-0.1, -0.05) is 26.8 Å². The molecule has 1 aromatic rings. The molecule has 1 aromatic heterocycles. The van der Waals surface area contributed by atoms with Crippen LogP contribution in [-0.4, -0.2) is 11.8 Å². The summed E-state index contributed by atoms with van der Waals surface area (Å²) in [6, 6.07) is 4.81. The van der Waals surface area contributed by atoms with Gasteiger partial charge in [0.05, 0.1) is 0 Å². The Bertz CT molecular complexity index is 263. The van der Waals surface area contributed by atoms with Gasteiger partial charge in [0.15, 0.2) is 0 Å². The van der Waals surface area contributed by atoms with Gasteiger partial charge in [0.25, 0.3) is 0 Å². The van der Waals surface area contributed by atoms with Crippen molar-refractivity contribution in [2.75, 3.05) is 6.66 Å². The summed E-state index contributed by atoms with van der Waals surface area (Å²) in [5, 5.41) is 6.23. The molecule has 1 nitrogen and oxygen atoms in total. The molecule has 0 aliphatic rings. The van der Waals surface area contributed by atoms with Gasteiger partial charge in [0.2, 0.25) is 0 Å². The first-order valence-corrected chi connectivity index (χ1v) is 7.61. The summed E-state index contributed by atoms with van der Waals surface area (Å²) in [5.74, 6) is 0. The summed E-state index contributed by atoms with van der Waals surface area (Å²) in [6.45, 7) is 11.5. The Morgan fingerprint density at radius 3 is 2.50 bits per heavy atom. The second kappa shape index (κ2) is 4.74. The highest BCUT2D eigenvalue weighted by atomic mass is 32.1. The molecule has 80 valence electrons. The number of nitrogens with one attached hydrogen (secondary N) is 1. The second-order valence-corrected chi connectivity index (χ2v) is 8.29. The molecule has 0 amide bonds. The molecule has 14 heavy (non-hydrogen) atoms. The third-order valence-corrected chi connectivity index (χ3v) is 6.21. The van der Waals surface area contributed by atoms with Crippen molar-refractivity contribution in [2.24, 2.45) is 0 Å². The SMILES string of the molecule is C[C@H](NP(C)C(C)(C)C)c1cccs1. The van der Waals surface area contributed by atoms with Gasteiger partial charge >= 0.3 is 0 Å². The highest BCUT2D eigenvalue weighted by molar-refractivity contribution is 7.56. The normalized spacial score (nSPS) is 16.6. The fraction of sp³-hybridized carbons (Fsp3) is 0.636. The van der Waals surface area contributed by atoms with Crippen molar-refractivity contribution in [1.29, 1.82) is 0 Å². The lowest BCUT2D eigenvalue weighted by atomic mass is 10.3. The maximum absolute atomic E-state index is 3.70. The summed E-state index contributed by atoms with van der Waals surface area (Å²) in [4.78, 5) is 1.43. The van der Waals surface area contributed by atoms with E-state index in [1.165, 1.54) is 4.88 Å². The van der Waals surface area contributed by atoms with Crippen molar-refractivity contribution >= 4 is 19.4 Å². The van der Waals surface area contributed by atoms with Crippen molar-refractivity contribution in [2.45, 2.75) is 38.9 Å². The smallest absolute Gasteiger partial charge is 0.0421 e. The Kier molecular flexibility index (Phi) is 4.12. The van der Waals surface area contributed by atoms with E-state index in [4.69, 9.17) is 0 Å². The molecule has 0 bridgehead atoms. The topological polar surface area (TPSA) is 12.0 Å². The predicted octanol–water partition coefficient (Wildman–Crippen LogP) is 4.22. The van der Waals surface area contributed by atoms with E-state index >= 15 is 0 Å². The Morgan fingerprint density at radius 2 is 2.07 bits per heavy atom. The Labute approximate surface area is 92.7 Å². The number of thiophene rings is 1. The van der Waals surface area contributed by atoms with Gasteiger partial charge < -0.3 is 0 Å². The minimum absolute atomic E-state index is 0.109. The third kappa shape index (κ3) is 3.34. The summed E-state index contributed by atoms with van der Waals surface area (Å²) in [7, 11) is -0.109. The molecule has 0 saturated carbocycles. The van der Waals surface area contributed by atoms with E-state index in [0.29, 0.717) is 11.2 Å². The van der Waals surface area contributed by atoms with Crippen LogP contribution in [0.5, 0.6) is 0 Å². The Balaban J connectivity index is 2.53. The van der Waals surface area contributed by atoms with Gasteiger partial charge in [-0.15, -0.1) is 11.3 Å². The first-order chi connectivity index (χ1) is 6.41. The van der Waals surface area contributed by atoms with E-state index in [-0.39, 0.29) is 8.07 Å². The van der Waals surface area contributed by atoms with E-state index in [0.717, 1.165) is 0 Å². The van der Waals surface area contributed by atoms with Crippen LogP contribution in [0.15, 0.2) is 17.5 Å². The van der Waals surface area contributed by atoms with Gasteiger partial charge in [-0.3, -0.25) is 5.09 Å². The molecule has 0 spiro atoms. The zero-order chi connectivity index (χ0) is 10.8. The third-order valence-electron chi connectivity index (χ3n) is 2.36. The maximum atomic E-state index is 3.70. The second-order valence-electron chi connectivity index (χ2n) is 4.60. The van der Waals surface area contributed by atoms with Gasteiger partial charge in [0, 0.05) is 10.9 Å². The minimum Gasteiger partial charge on any atom is -0.288 e. The van der Waals surface area contributed by atoms with E-state index in [1.807, 2.05) is 11.3 Å². The van der Waals surface area contributed by atoms with Crippen LogP contribution >= 0.6 is 19.4 Å². The van der Waals surface area contributed by atoms with Crippen LogP contribution in [0.1, 0.15) is 38.6 Å². The molecule has 0 aromatic carbocycles. The fourth-order valence-corrected chi connectivity index (χ4v) is 3.01. The van der Waals surface area contributed by atoms with Gasteiger partial charge in [0.1, 0.15) is 0 Å². The molecule has 2 atom stereocenters. The molecule has 3 heteroatoms. The highest BCUT2D eigenvalue weighted by Crippen LogP contribution is 2.44. The van der Waals surface area contributed by atoms with Crippen LogP contribution in [0.4, 0.5) is 0 Å². The summed E-state index contributed by atoms with van der Waals surface area (Å²) in [6.07, 6.45) is 0. The van der Waals surface area contributed by atoms with Crippen molar-refractivity contribution in [3.05, 3.63) is 22.4 Å². The lowest BCUT2D eigenvalue weighted by molar-refractivity contribution is 0.711. The van der Waals surface area contributed by atoms with Crippen LogP contribution in [0.2, 0.25) is 0 Å².